The summed E-state index contributed by atoms with van der Waals surface area (Å²) in [4.78, 5) is 11.3. The maximum absolute atomic E-state index is 11.6. The molecule has 0 bridgehead atoms. The summed E-state index contributed by atoms with van der Waals surface area (Å²) < 4.78 is 25.5. The van der Waals surface area contributed by atoms with Crippen LogP contribution in [0.2, 0.25) is 5.02 Å². The number of carbonyl (C=O) groups excluding carboxylic acids is 1. The minimum Gasteiger partial charge on any atom is -0.326 e. The molecule has 0 aliphatic carbocycles. The van der Waals surface area contributed by atoms with Crippen molar-refractivity contribution >= 4 is 50.5 Å². The van der Waals surface area contributed by atoms with Crippen LogP contribution < -0.4 is 10.0 Å². The van der Waals surface area contributed by atoms with E-state index in [2.05, 4.69) is 10.0 Å². The van der Waals surface area contributed by atoms with Crippen molar-refractivity contribution in [3.05, 3.63) is 23.2 Å². The van der Waals surface area contributed by atoms with E-state index in [4.69, 9.17) is 23.2 Å². The predicted molar refractivity (Wildman–Crippen MR) is 78.5 cm³/mol. The number of anilines is 2. The van der Waals surface area contributed by atoms with E-state index in [-0.39, 0.29) is 28.3 Å². The molecule has 0 spiro atoms. The van der Waals surface area contributed by atoms with Gasteiger partial charge in [0.25, 0.3) is 0 Å². The molecular weight excluding hydrogens is 311 g/mol. The molecule has 1 aromatic carbocycles. The molecule has 8 heteroatoms. The summed E-state index contributed by atoms with van der Waals surface area (Å²) in [6, 6.07) is 4.56. The van der Waals surface area contributed by atoms with Gasteiger partial charge in [-0.05, 0) is 18.2 Å². The molecule has 5 nitrogen and oxygen atoms in total. The topological polar surface area (TPSA) is 75.3 Å². The van der Waals surface area contributed by atoms with Crippen LogP contribution in [0.5, 0.6) is 0 Å². The highest BCUT2D eigenvalue weighted by Gasteiger charge is 2.12. The molecule has 0 unspecified atom stereocenters. The van der Waals surface area contributed by atoms with Gasteiger partial charge in [-0.2, -0.15) is 0 Å². The van der Waals surface area contributed by atoms with Crippen molar-refractivity contribution in [2.75, 3.05) is 21.7 Å². The van der Waals surface area contributed by atoms with Crippen molar-refractivity contribution in [3.63, 3.8) is 0 Å². The number of benzene rings is 1. The van der Waals surface area contributed by atoms with Crippen molar-refractivity contribution < 1.29 is 13.2 Å². The zero-order valence-electron chi connectivity index (χ0n) is 10.2. The lowest BCUT2D eigenvalue weighted by atomic mass is 10.2. The first-order chi connectivity index (χ1) is 8.88. The molecule has 0 aliphatic rings. The molecule has 0 saturated carbocycles. The molecule has 0 atom stereocenters. The first-order valence-electron chi connectivity index (χ1n) is 5.54. The van der Waals surface area contributed by atoms with Gasteiger partial charge in [-0.1, -0.05) is 18.5 Å². The number of carbonyl (C=O) groups is 1. The second kappa shape index (κ2) is 6.98. The molecule has 0 aliphatic heterocycles. The van der Waals surface area contributed by atoms with Crippen LogP contribution >= 0.6 is 23.2 Å². The number of sulfonamides is 1. The Kier molecular flexibility index (Phi) is 5.90. The Morgan fingerprint density at radius 3 is 2.63 bits per heavy atom. The summed E-state index contributed by atoms with van der Waals surface area (Å²) in [5.41, 5.74) is 0.681. The third kappa shape index (κ3) is 5.26. The third-order valence-corrected chi connectivity index (χ3v) is 4.20. The standard InChI is InChI=1S/C11H14Cl2N2O3S/c1-2-11(16)14-8-3-4-9(13)10(7-8)15-19(17,18)6-5-12/h3-4,7,15H,2,5-6H2,1H3,(H,14,16). The minimum absolute atomic E-state index is 0.0147. The molecule has 0 saturated heterocycles. The van der Waals surface area contributed by atoms with E-state index in [1.807, 2.05) is 0 Å². The highest BCUT2D eigenvalue weighted by atomic mass is 35.5. The summed E-state index contributed by atoms with van der Waals surface area (Å²) in [6.45, 7) is 1.72. The van der Waals surface area contributed by atoms with Gasteiger partial charge in [-0.25, -0.2) is 8.42 Å². The molecule has 2 N–H and O–H groups in total. The number of alkyl halides is 1. The Morgan fingerprint density at radius 2 is 2.05 bits per heavy atom. The van der Waals surface area contributed by atoms with Gasteiger partial charge in [0.05, 0.1) is 16.5 Å². The van der Waals surface area contributed by atoms with Crippen molar-refractivity contribution in [3.8, 4) is 0 Å². The molecule has 0 aromatic heterocycles. The summed E-state index contributed by atoms with van der Waals surface area (Å²) in [5.74, 6) is -0.396. The molecule has 0 heterocycles. The second-order valence-corrected chi connectivity index (χ2v) is 6.33. The molecular formula is C11H14Cl2N2O3S. The summed E-state index contributed by atoms with van der Waals surface area (Å²) in [7, 11) is -3.54. The van der Waals surface area contributed by atoms with Gasteiger partial charge in [0, 0.05) is 18.0 Å². The lowest BCUT2D eigenvalue weighted by molar-refractivity contribution is -0.115. The van der Waals surface area contributed by atoms with E-state index >= 15 is 0 Å². The maximum atomic E-state index is 11.6. The first-order valence-corrected chi connectivity index (χ1v) is 8.10. The Morgan fingerprint density at radius 1 is 1.37 bits per heavy atom. The van der Waals surface area contributed by atoms with Crippen LogP contribution in [0, 0.1) is 0 Å². The van der Waals surface area contributed by atoms with Gasteiger partial charge in [0.15, 0.2) is 0 Å². The average Bonchev–Trinajstić information content (AvgIpc) is 2.32. The summed E-state index contributed by atoms with van der Waals surface area (Å²) in [5, 5.41) is 2.86. The van der Waals surface area contributed by atoms with Crippen LogP contribution in [0.15, 0.2) is 18.2 Å². The molecule has 106 valence electrons. The van der Waals surface area contributed by atoms with Crippen LogP contribution in [-0.4, -0.2) is 26.0 Å². The van der Waals surface area contributed by atoms with E-state index in [1.165, 1.54) is 12.1 Å². The van der Waals surface area contributed by atoms with E-state index in [0.717, 1.165) is 0 Å². The predicted octanol–water partition coefficient (Wildman–Crippen LogP) is 2.67. The molecule has 0 fully saturated rings. The monoisotopic (exact) mass is 324 g/mol. The van der Waals surface area contributed by atoms with Crippen LogP contribution in [-0.2, 0) is 14.8 Å². The number of halogens is 2. The average molecular weight is 325 g/mol. The highest BCUT2D eigenvalue weighted by Crippen LogP contribution is 2.26. The Labute approximate surface area is 122 Å². The normalized spacial score (nSPS) is 11.1. The fraction of sp³-hybridized carbons (Fsp3) is 0.364. The number of nitrogens with one attached hydrogen (secondary N) is 2. The van der Waals surface area contributed by atoms with E-state index in [0.29, 0.717) is 12.1 Å². The maximum Gasteiger partial charge on any atom is 0.233 e. The number of rotatable bonds is 6. The van der Waals surface area contributed by atoms with E-state index < -0.39 is 10.0 Å². The quantitative estimate of drug-likeness (QED) is 0.790. The SMILES string of the molecule is CCC(=O)Nc1ccc(Cl)c(NS(=O)(=O)CCCl)c1. The zero-order valence-corrected chi connectivity index (χ0v) is 12.6. The van der Waals surface area contributed by atoms with E-state index in [9.17, 15) is 13.2 Å². The van der Waals surface area contributed by atoms with Crippen molar-refractivity contribution in [2.24, 2.45) is 0 Å². The molecule has 19 heavy (non-hydrogen) atoms. The van der Waals surface area contributed by atoms with Gasteiger partial charge in [0.2, 0.25) is 15.9 Å². The summed E-state index contributed by atoms with van der Waals surface area (Å²) >= 11 is 11.3. The molecule has 0 radical (unpaired) electrons. The largest absolute Gasteiger partial charge is 0.326 e. The fourth-order valence-electron chi connectivity index (χ4n) is 1.25. The Bertz CT molecular complexity index is 561. The minimum atomic E-state index is -3.54. The second-order valence-electron chi connectivity index (χ2n) is 3.71. The van der Waals surface area contributed by atoms with Crippen molar-refractivity contribution in [2.45, 2.75) is 13.3 Å². The Balaban J connectivity index is 2.95. The third-order valence-electron chi connectivity index (χ3n) is 2.18. The van der Waals surface area contributed by atoms with Crippen LogP contribution in [0.3, 0.4) is 0 Å². The molecule has 1 rings (SSSR count). The van der Waals surface area contributed by atoms with Gasteiger partial charge >= 0.3 is 0 Å². The number of hydrogen-bond acceptors (Lipinski definition) is 3. The number of amides is 1. The Hall–Kier alpha value is -0.980. The summed E-state index contributed by atoms with van der Waals surface area (Å²) in [6.07, 6.45) is 0.329. The van der Waals surface area contributed by atoms with E-state index in [1.54, 1.807) is 13.0 Å². The first kappa shape index (κ1) is 16.1. The van der Waals surface area contributed by atoms with Gasteiger partial charge in [-0.15, -0.1) is 11.6 Å². The lowest BCUT2D eigenvalue weighted by Crippen LogP contribution is -2.18. The van der Waals surface area contributed by atoms with Gasteiger partial charge < -0.3 is 5.32 Å². The molecule has 1 amide bonds. The lowest BCUT2D eigenvalue weighted by Gasteiger charge is -2.11. The van der Waals surface area contributed by atoms with Crippen LogP contribution in [0.25, 0.3) is 0 Å². The van der Waals surface area contributed by atoms with Crippen LogP contribution in [0.1, 0.15) is 13.3 Å². The fourth-order valence-corrected chi connectivity index (χ4v) is 2.89. The number of hydrogen-bond donors (Lipinski definition) is 2. The highest BCUT2D eigenvalue weighted by molar-refractivity contribution is 7.92. The smallest absolute Gasteiger partial charge is 0.233 e. The van der Waals surface area contributed by atoms with Crippen LogP contribution in [0.4, 0.5) is 11.4 Å². The van der Waals surface area contributed by atoms with Crippen molar-refractivity contribution in [1.29, 1.82) is 0 Å². The molecule has 1 aromatic rings. The van der Waals surface area contributed by atoms with Crippen molar-refractivity contribution in [1.82, 2.24) is 0 Å². The van der Waals surface area contributed by atoms with Gasteiger partial charge in [0.1, 0.15) is 0 Å². The van der Waals surface area contributed by atoms with Gasteiger partial charge in [-0.3, -0.25) is 9.52 Å². The zero-order chi connectivity index (χ0) is 14.5.